The lowest BCUT2D eigenvalue weighted by molar-refractivity contribution is -0.142. The Hall–Kier alpha value is -3.17. The van der Waals surface area contributed by atoms with Crippen LogP contribution >= 0.6 is 0 Å². The first-order valence-electron chi connectivity index (χ1n) is 9.53. The minimum absolute atomic E-state index is 0.112. The minimum Gasteiger partial charge on any atom is -0.481 e. The maximum absolute atomic E-state index is 13.5. The number of hydrogen-bond acceptors (Lipinski definition) is 5. The van der Waals surface area contributed by atoms with Crippen LogP contribution in [0.15, 0.2) is 30.5 Å². The third-order valence-corrected chi connectivity index (χ3v) is 5.16. The van der Waals surface area contributed by atoms with Crippen molar-refractivity contribution in [2.24, 2.45) is 0 Å². The quantitative estimate of drug-likeness (QED) is 0.645. The van der Waals surface area contributed by atoms with Crippen molar-refractivity contribution >= 4 is 11.6 Å². The van der Waals surface area contributed by atoms with E-state index in [1.807, 2.05) is 0 Å². The molecule has 1 saturated heterocycles. The molecule has 158 valence electrons. The molecule has 1 amide bonds. The highest BCUT2D eigenvalue weighted by Gasteiger charge is 2.36. The number of rotatable bonds is 3. The van der Waals surface area contributed by atoms with Crippen LogP contribution in [0.4, 0.5) is 13.2 Å². The largest absolute Gasteiger partial charge is 0.481 e. The molecule has 4 heterocycles. The van der Waals surface area contributed by atoms with Crippen LogP contribution in [0.5, 0.6) is 5.88 Å². The van der Waals surface area contributed by atoms with Crippen LogP contribution < -0.4 is 4.74 Å². The van der Waals surface area contributed by atoms with Crippen molar-refractivity contribution in [3.05, 3.63) is 53.1 Å². The van der Waals surface area contributed by atoms with E-state index in [2.05, 4.69) is 15.1 Å². The highest BCUT2D eigenvalue weighted by Crippen LogP contribution is 2.34. The number of fused-ring (bicyclic) bond motifs is 1. The molecule has 10 heteroatoms. The second-order valence-electron chi connectivity index (χ2n) is 7.22. The van der Waals surface area contributed by atoms with Crippen LogP contribution in [0.2, 0.25) is 0 Å². The lowest BCUT2D eigenvalue weighted by Gasteiger charge is -2.34. The Morgan fingerprint density at radius 2 is 2.03 bits per heavy atom. The molecule has 1 aliphatic rings. The number of carbonyl (C=O) groups is 1. The van der Waals surface area contributed by atoms with E-state index in [-0.39, 0.29) is 17.2 Å². The van der Waals surface area contributed by atoms with Gasteiger partial charge in [0.05, 0.1) is 18.8 Å². The van der Waals surface area contributed by atoms with E-state index in [1.165, 1.54) is 26.3 Å². The topological polar surface area (TPSA) is 72.6 Å². The molecule has 0 radical (unpaired) electrons. The Bertz CT molecular complexity index is 1100. The Balaban J connectivity index is 1.74. The van der Waals surface area contributed by atoms with E-state index in [9.17, 15) is 18.0 Å². The van der Waals surface area contributed by atoms with Gasteiger partial charge in [-0.25, -0.2) is 14.5 Å². The molecule has 0 saturated carbocycles. The Kier molecular flexibility index (Phi) is 5.08. The third kappa shape index (κ3) is 3.69. The molecule has 1 unspecified atom stereocenters. The Labute approximate surface area is 170 Å². The molecule has 1 fully saturated rings. The Morgan fingerprint density at radius 1 is 1.23 bits per heavy atom. The first-order valence-corrected chi connectivity index (χ1v) is 9.53. The van der Waals surface area contributed by atoms with Gasteiger partial charge < -0.3 is 9.64 Å². The van der Waals surface area contributed by atoms with Gasteiger partial charge in [-0.3, -0.25) is 4.79 Å². The first kappa shape index (κ1) is 20.1. The number of aromatic nitrogens is 4. The molecule has 1 aliphatic heterocycles. The number of likely N-dealkylation sites (tertiary alicyclic amines) is 1. The van der Waals surface area contributed by atoms with Gasteiger partial charge in [-0.2, -0.15) is 18.3 Å². The van der Waals surface area contributed by atoms with Gasteiger partial charge in [0.1, 0.15) is 5.69 Å². The number of aryl methyl sites for hydroxylation is 1. The molecule has 0 bridgehead atoms. The molecule has 3 aromatic heterocycles. The zero-order chi connectivity index (χ0) is 21.5. The molecule has 30 heavy (non-hydrogen) atoms. The fourth-order valence-electron chi connectivity index (χ4n) is 3.78. The zero-order valence-corrected chi connectivity index (χ0v) is 16.5. The number of piperidine rings is 1. The van der Waals surface area contributed by atoms with Crippen molar-refractivity contribution in [1.29, 1.82) is 0 Å². The molecule has 3 aromatic rings. The van der Waals surface area contributed by atoms with Gasteiger partial charge in [0.15, 0.2) is 5.65 Å². The van der Waals surface area contributed by atoms with Gasteiger partial charge in [0, 0.05) is 36.1 Å². The third-order valence-electron chi connectivity index (χ3n) is 5.16. The standard InChI is InChI=1S/C20H20F3N5O2/c1-12-9-16(20(21,22)23)28-17(25-12)11-14(26-28)15-5-3-4-8-27(15)19(29)13-6-7-24-18(10-13)30-2/h6-7,9-11,15H,3-5,8H2,1-2H3. The number of halogens is 3. The highest BCUT2D eigenvalue weighted by atomic mass is 19.4. The second-order valence-corrected chi connectivity index (χ2v) is 7.22. The van der Waals surface area contributed by atoms with Gasteiger partial charge in [-0.05, 0) is 38.3 Å². The number of pyridine rings is 1. The van der Waals surface area contributed by atoms with E-state index in [0.717, 1.165) is 23.4 Å². The van der Waals surface area contributed by atoms with Crippen LogP contribution in [0, 0.1) is 6.92 Å². The molecule has 0 aromatic carbocycles. The van der Waals surface area contributed by atoms with Crippen LogP contribution in [-0.2, 0) is 6.18 Å². The average Bonchev–Trinajstić information content (AvgIpc) is 3.15. The molecule has 0 N–H and O–H groups in total. The highest BCUT2D eigenvalue weighted by molar-refractivity contribution is 5.94. The van der Waals surface area contributed by atoms with Gasteiger partial charge in [-0.15, -0.1) is 0 Å². The zero-order valence-electron chi connectivity index (χ0n) is 16.5. The predicted octanol–water partition coefficient (Wildman–Crippen LogP) is 3.83. The van der Waals surface area contributed by atoms with Crippen molar-refractivity contribution in [3.63, 3.8) is 0 Å². The summed E-state index contributed by atoms with van der Waals surface area (Å²) in [6.45, 7) is 2.00. The molecule has 0 spiro atoms. The summed E-state index contributed by atoms with van der Waals surface area (Å²) >= 11 is 0. The molecular formula is C20H20F3N5O2. The van der Waals surface area contributed by atoms with Gasteiger partial charge in [0.25, 0.3) is 5.91 Å². The number of amides is 1. The van der Waals surface area contributed by atoms with Crippen molar-refractivity contribution in [2.75, 3.05) is 13.7 Å². The number of carbonyl (C=O) groups excluding carboxylic acids is 1. The summed E-state index contributed by atoms with van der Waals surface area (Å²) in [6.07, 6.45) is -0.815. The average molecular weight is 419 g/mol. The SMILES string of the molecule is COc1cc(C(=O)N2CCCCC2c2cc3nc(C)cc(C(F)(F)F)n3n2)ccn1. The predicted molar refractivity (Wildman–Crippen MR) is 101 cm³/mol. The maximum atomic E-state index is 13.5. The van der Waals surface area contributed by atoms with E-state index in [4.69, 9.17) is 4.74 Å². The molecular weight excluding hydrogens is 399 g/mol. The fraction of sp³-hybridized carbons (Fsp3) is 0.400. The molecule has 7 nitrogen and oxygen atoms in total. The first-order chi connectivity index (χ1) is 14.3. The van der Waals surface area contributed by atoms with Gasteiger partial charge >= 0.3 is 6.18 Å². The smallest absolute Gasteiger partial charge is 0.433 e. The number of hydrogen-bond donors (Lipinski definition) is 0. The van der Waals surface area contributed by atoms with Crippen molar-refractivity contribution in [3.8, 4) is 5.88 Å². The van der Waals surface area contributed by atoms with Crippen LogP contribution in [0.3, 0.4) is 0 Å². The normalized spacial score (nSPS) is 17.4. The number of nitrogens with zero attached hydrogens (tertiary/aromatic N) is 5. The number of alkyl halides is 3. The molecule has 0 aliphatic carbocycles. The summed E-state index contributed by atoms with van der Waals surface area (Å²) in [4.78, 5) is 23.0. The maximum Gasteiger partial charge on any atom is 0.433 e. The van der Waals surface area contributed by atoms with Gasteiger partial charge in [-0.1, -0.05) is 0 Å². The lowest BCUT2D eigenvalue weighted by Crippen LogP contribution is -2.38. The summed E-state index contributed by atoms with van der Waals surface area (Å²) < 4.78 is 46.3. The van der Waals surface area contributed by atoms with Crippen LogP contribution in [-0.4, -0.2) is 44.0 Å². The van der Waals surface area contributed by atoms with E-state index in [1.54, 1.807) is 17.0 Å². The fourth-order valence-corrected chi connectivity index (χ4v) is 3.78. The van der Waals surface area contributed by atoms with E-state index in [0.29, 0.717) is 30.1 Å². The summed E-state index contributed by atoms with van der Waals surface area (Å²) in [5, 5.41) is 4.21. The summed E-state index contributed by atoms with van der Waals surface area (Å²) in [5.41, 5.74) is 0.279. The number of ether oxygens (including phenoxy) is 1. The van der Waals surface area contributed by atoms with E-state index >= 15 is 0 Å². The molecule has 1 atom stereocenters. The monoisotopic (exact) mass is 419 g/mol. The van der Waals surface area contributed by atoms with Crippen LogP contribution in [0.1, 0.15) is 52.7 Å². The van der Waals surface area contributed by atoms with Gasteiger partial charge in [0.2, 0.25) is 5.88 Å². The van der Waals surface area contributed by atoms with Crippen LogP contribution in [0.25, 0.3) is 5.65 Å². The number of methoxy groups -OCH3 is 1. The Morgan fingerprint density at radius 3 is 2.77 bits per heavy atom. The van der Waals surface area contributed by atoms with Crippen molar-refractivity contribution < 1.29 is 22.7 Å². The van der Waals surface area contributed by atoms with Crippen molar-refractivity contribution in [1.82, 2.24) is 24.5 Å². The summed E-state index contributed by atoms with van der Waals surface area (Å²) in [6, 6.07) is 5.20. The summed E-state index contributed by atoms with van der Waals surface area (Å²) in [5.74, 6) is 0.0780. The second kappa shape index (κ2) is 7.58. The van der Waals surface area contributed by atoms with E-state index < -0.39 is 17.9 Å². The molecule has 4 rings (SSSR count). The van der Waals surface area contributed by atoms with Crippen molar-refractivity contribution in [2.45, 2.75) is 38.4 Å². The minimum atomic E-state index is -4.56. The summed E-state index contributed by atoms with van der Waals surface area (Å²) in [7, 11) is 1.46. The lowest BCUT2D eigenvalue weighted by atomic mass is 9.98.